The molecule has 0 aliphatic rings. The second kappa shape index (κ2) is 8.97. The number of hydrogen-bond donors (Lipinski definition) is 0. The van der Waals surface area contributed by atoms with E-state index >= 15 is 0 Å². The molecule has 0 aliphatic carbocycles. The molecule has 0 fully saturated rings. The van der Waals surface area contributed by atoms with Crippen molar-refractivity contribution in [3.63, 3.8) is 0 Å². The van der Waals surface area contributed by atoms with Crippen molar-refractivity contribution in [3.8, 4) is 11.5 Å². The van der Waals surface area contributed by atoms with Crippen molar-refractivity contribution in [1.29, 1.82) is 0 Å². The van der Waals surface area contributed by atoms with Crippen LogP contribution in [0.2, 0.25) is 25.1 Å². The van der Waals surface area contributed by atoms with Crippen molar-refractivity contribution in [3.05, 3.63) is 55.4 Å². The van der Waals surface area contributed by atoms with Crippen LogP contribution in [0.5, 0.6) is 11.5 Å². The number of ether oxygens (including phenoxy) is 2. The van der Waals surface area contributed by atoms with Gasteiger partial charge in [-0.1, -0.05) is 64.1 Å². The molecule has 0 bridgehead atoms. The van der Waals surface area contributed by atoms with Gasteiger partial charge in [0.15, 0.2) is 11.5 Å². The Labute approximate surface area is 168 Å². The highest BCUT2D eigenvalue weighted by molar-refractivity contribution is 6.44. The first kappa shape index (κ1) is 20.1. The lowest BCUT2D eigenvalue weighted by Gasteiger charge is -2.08. The van der Waals surface area contributed by atoms with E-state index in [-0.39, 0.29) is 49.5 Å². The average molecular weight is 443 g/mol. The molecule has 0 atom stereocenters. The molecule has 0 saturated carbocycles. The van der Waals surface area contributed by atoms with E-state index in [4.69, 9.17) is 67.5 Å². The maximum Gasteiger partial charge on any atom is 0.311 e. The van der Waals surface area contributed by atoms with Gasteiger partial charge in [-0.2, -0.15) is 0 Å². The zero-order valence-corrected chi connectivity index (χ0v) is 16.1. The van der Waals surface area contributed by atoms with Crippen LogP contribution in [0.25, 0.3) is 0 Å². The summed E-state index contributed by atoms with van der Waals surface area (Å²) < 4.78 is 10.1. The smallest absolute Gasteiger partial charge is 0.311 e. The Kier molecular flexibility index (Phi) is 7.23. The van der Waals surface area contributed by atoms with E-state index in [9.17, 15) is 9.59 Å². The number of carbonyl (C=O) groups excluding carboxylic acids is 2. The summed E-state index contributed by atoms with van der Waals surface area (Å²) in [6.07, 6.45) is -0.450. The minimum Gasteiger partial charge on any atom is -0.425 e. The maximum absolute atomic E-state index is 11.8. The van der Waals surface area contributed by atoms with Gasteiger partial charge in [0.25, 0.3) is 0 Å². The largest absolute Gasteiger partial charge is 0.425 e. The van der Waals surface area contributed by atoms with Crippen LogP contribution in [0.15, 0.2) is 30.3 Å². The second-order valence-electron chi connectivity index (χ2n) is 4.70. The summed E-state index contributed by atoms with van der Waals surface area (Å²) in [5.41, 5.74) is 0. The first-order valence-electron chi connectivity index (χ1n) is 6.78. The molecule has 0 spiro atoms. The fraction of sp³-hybridized carbons (Fsp3) is 0.125. The van der Waals surface area contributed by atoms with Crippen LogP contribution >= 0.6 is 58.0 Å². The van der Waals surface area contributed by atoms with Crippen molar-refractivity contribution >= 4 is 69.9 Å². The Balaban J connectivity index is 1.90. The van der Waals surface area contributed by atoms with E-state index in [1.54, 1.807) is 12.1 Å². The van der Waals surface area contributed by atoms with E-state index < -0.39 is 11.9 Å². The third-order valence-corrected chi connectivity index (χ3v) is 4.69. The molecule has 2 rings (SSSR count). The summed E-state index contributed by atoms with van der Waals surface area (Å²) in [5.74, 6) is -1.19. The molecule has 2 aromatic rings. The van der Waals surface area contributed by atoms with Gasteiger partial charge in [0.05, 0.1) is 32.9 Å². The zero-order chi connectivity index (χ0) is 18.6. The van der Waals surface area contributed by atoms with Crippen LogP contribution in [0.4, 0.5) is 0 Å². The second-order valence-corrected chi connectivity index (χ2v) is 6.70. The molecule has 132 valence electrons. The molecule has 4 nitrogen and oxygen atoms in total. The summed E-state index contributed by atoms with van der Waals surface area (Å²) in [7, 11) is 0. The summed E-state index contributed by atoms with van der Waals surface area (Å²) in [5, 5.41) is 0.900. The lowest BCUT2D eigenvalue weighted by atomic mass is 10.3. The van der Waals surface area contributed by atoms with E-state index in [1.165, 1.54) is 18.2 Å². The van der Waals surface area contributed by atoms with E-state index in [0.29, 0.717) is 0 Å². The van der Waals surface area contributed by atoms with Gasteiger partial charge in [-0.15, -0.1) is 0 Å². The van der Waals surface area contributed by atoms with Gasteiger partial charge in [0, 0.05) is 6.07 Å². The lowest BCUT2D eigenvalue weighted by molar-refractivity contribution is -0.140. The summed E-state index contributed by atoms with van der Waals surface area (Å²) in [4.78, 5) is 23.6. The molecule has 2 aromatic carbocycles. The summed E-state index contributed by atoms with van der Waals surface area (Å²) in [6, 6.07) is 7.29. The van der Waals surface area contributed by atoms with Crippen molar-refractivity contribution in [2.24, 2.45) is 0 Å². The van der Waals surface area contributed by atoms with Gasteiger partial charge in [-0.05, 0) is 18.2 Å². The van der Waals surface area contributed by atoms with Crippen LogP contribution in [0.3, 0.4) is 0 Å². The standard InChI is InChI=1S/C16H9Cl5O4/c17-8-2-1-3-12(16(8)21)24-14(22)4-5-15(23)25-13-7-10(19)9(18)6-11(13)20/h1-3,6-7H,4-5H2. The molecular formula is C16H9Cl5O4. The molecule has 0 N–H and O–H groups in total. The summed E-state index contributed by atoms with van der Waals surface area (Å²) >= 11 is 29.3. The van der Waals surface area contributed by atoms with Gasteiger partial charge in [-0.25, -0.2) is 0 Å². The Hall–Kier alpha value is -1.17. The number of carbonyl (C=O) groups is 2. The Morgan fingerprint density at radius 2 is 1.28 bits per heavy atom. The van der Waals surface area contributed by atoms with Gasteiger partial charge in [-0.3, -0.25) is 9.59 Å². The first-order chi connectivity index (χ1) is 11.8. The maximum atomic E-state index is 11.8. The normalized spacial score (nSPS) is 10.4. The number of esters is 2. The highest BCUT2D eigenvalue weighted by Gasteiger charge is 2.15. The van der Waals surface area contributed by atoms with Crippen molar-refractivity contribution < 1.29 is 19.1 Å². The molecule has 0 heterocycles. The summed E-state index contributed by atoms with van der Waals surface area (Å²) in [6.45, 7) is 0. The fourth-order valence-electron chi connectivity index (χ4n) is 1.70. The SMILES string of the molecule is O=C(CCC(=O)Oc1cccc(Cl)c1Cl)Oc1cc(Cl)c(Cl)cc1Cl. The topological polar surface area (TPSA) is 52.6 Å². The molecule has 0 saturated heterocycles. The molecule has 0 aromatic heterocycles. The minimum atomic E-state index is -0.686. The predicted molar refractivity (Wildman–Crippen MR) is 98.4 cm³/mol. The van der Waals surface area contributed by atoms with Crippen molar-refractivity contribution in [2.75, 3.05) is 0 Å². The third-order valence-electron chi connectivity index (χ3n) is 2.87. The van der Waals surface area contributed by atoms with Crippen LogP contribution in [0, 0.1) is 0 Å². The predicted octanol–water partition coefficient (Wildman–Crippen LogP) is 6.24. The highest BCUT2D eigenvalue weighted by Crippen LogP contribution is 2.34. The van der Waals surface area contributed by atoms with Gasteiger partial charge < -0.3 is 9.47 Å². The zero-order valence-electron chi connectivity index (χ0n) is 12.3. The molecule has 9 heteroatoms. The van der Waals surface area contributed by atoms with Crippen molar-refractivity contribution in [1.82, 2.24) is 0 Å². The van der Waals surface area contributed by atoms with Gasteiger partial charge in [0.1, 0.15) is 5.02 Å². The molecule has 0 amide bonds. The molecule has 25 heavy (non-hydrogen) atoms. The fourth-order valence-corrected chi connectivity index (χ4v) is 2.60. The average Bonchev–Trinajstić information content (AvgIpc) is 2.55. The van der Waals surface area contributed by atoms with Crippen LogP contribution in [0.1, 0.15) is 12.8 Å². The van der Waals surface area contributed by atoms with E-state index in [1.807, 2.05) is 0 Å². The first-order valence-corrected chi connectivity index (χ1v) is 8.67. The Bertz CT molecular complexity index is 822. The van der Waals surface area contributed by atoms with Crippen molar-refractivity contribution in [2.45, 2.75) is 12.8 Å². The molecule has 0 aliphatic heterocycles. The molecule has 0 radical (unpaired) electrons. The number of halogens is 5. The highest BCUT2D eigenvalue weighted by atomic mass is 35.5. The van der Waals surface area contributed by atoms with E-state index in [2.05, 4.69) is 0 Å². The van der Waals surface area contributed by atoms with Crippen LogP contribution in [-0.4, -0.2) is 11.9 Å². The lowest BCUT2D eigenvalue weighted by Crippen LogP contribution is -2.14. The quantitative estimate of drug-likeness (QED) is 0.312. The van der Waals surface area contributed by atoms with Crippen LogP contribution < -0.4 is 9.47 Å². The monoisotopic (exact) mass is 440 g/mol. The van der Waals surface area contributed by atoms with E-state index in [0.717, 1.165) is 0 Å². The molecular weight excluding hydrogens is 433 g/mol. The number of rotatable bonds is 5. The Morgan fingerprint density at radius 1 is 0.720 bits per heavy atom. The number of hydrogen-bond acceptors (Lipinski definition) is 4. The molecule has 0 unspecified atom stereocenters. The minimum absolute atomic E-state index is 0.0484. The van der Waals surface area contributed by atoms with Crippen LogP contribution in [-0.2, 0) is 9.59 Å². The Morgan fingerprint density at radius 3 is 1.92 bits per heavy atom. The van der Waals surface area contributed by atoms with Gasteiger partial charge >= 0.3 is 11.9 Å². The number of benzene rings is 2. The van der Waals surface area contributed by atoms with Gasteiger partial charge in [0.2, 0.25) is 0 Å². The third kappa shape index (κ3) is 5.66.